The molecule has 0 rings (SSSR count). The van der Waals surface area contributed by atoms with E-state index in [1.807, 2.05) is 0 Å². The van der Waals surface area contributed by atoms with Crippen molar-refractivity contribution in [3.8, 4) is 6.07 Å². The third kappa shape index (κ3) is 4.73. The number of nitrogens with zero attached hydrogens (tertiary/aromatic N) is 1. The van der Waals surface area contributed by atoms with Gasteiger partial charge in [-0.2, -0.15) is 5.26 Å². The molecule has 14 heavy (non-hydrogen) atoms. The Kier molecular flexibility index (Phi) is 5.48. The Morgan fingerprint density at radius 3 is 2.50 bits per heavy atom. The molecule has 0 aliphatic carbocycles. The van der Waals surface area contributed by atoms with Crippen molar-refractivity contribution in [2.45, 2.75) is 0 Å². The molecular weight excluding hydrogens is 178 g/mol. The molecule has 0 heterocycles. The highest BCUT2D eigenvalue weighted by molar-refractivity contribution is 5.80. The third-order valence-corrected chi connectivity index (χ3v) is 1.34. The van der Waals surface area contributed by atoms with E-state index < -0.39 is 0 Å². The van der Waals surface area contributed by atoms with Crippen LogP contribution in [0.4, 0.5) is 0 Å². The standard InChI is InChI=1S/C11H11NO2/c1-9(4-5-10(2)14-3)6-11(7-12)8-13/h4-6,8H,1-2H2,3H3/b5-4-,11-6+. The predicted octanol–water partition coefficient (Wildman–Crippen LogP) is 1.91. The smallest absolute Gasteiger partial charge is 0.160 e. The number of hydrogen-bond donors (Lipinski definition) is 0. The maximum Gasteiger partial charge on any atom is 0.160 e. The average Bonchev–Trinajstić information content (AvgIpc) is 2.22. The molecule has 0 N–H and O–H groups in total. The Morgan fingerprint density at radius 1 is 1.43 bits per heavy atom. The predicted molar refractivity (Wildman–Crippen MR) is 54.2 cm³/mol. The molecule has 0 aromatic heterocycles. The van der Waals surface area contributed by atoms with Gasteiger partial charge in [0.25, 0.3) is 0 Å². The second kappa shape index (κ2) is 6.44. The van der Waals surface area contributed by atoms with Gasteiger partial charge in [0.15, 0.2) is 6.29 Å². The first-order valence-electron chi connectivity index (χ1n) is 3.81. The number of carbonyl (C=O) groups is 1. The normalized spacial score (nSPS) is 10.7. The van der Waals surface area contributed by atoms with Crippen molar-refractivity contribution in [2.24, 2.45) is 0 Å². The van der Waals surface area contributed by atoms with Crippen LogP contribution in [0.1, 0.15) is 0 Å². The monoisotopic (exact) mass is 189 g/mol. The largest absolute Gasteiger partial charge is 0.497 e. The summed E-state index contributed by atoms with van der Waals surface area (Å²) in [6.07, 6.45) is 5.06. The fraction of sp³-hybridized carbons (Fsp3) is 0.0909. The zero-order valence-corrected chi connectivity index (χ0v) is 7.99. The fourth-order valence-electron chi connectivity index (χ4n) is 0.609. The summed E-state index contributed by atoms with van der Waals surface area (Å²) in [5, 5.41) is 8.44. The first-order valence-corrected chi connectivity index (χ1v) is 3.81. The topological polar surface area (TPSA) is 50.1 Å². The van der Waals surface area contributed by atoms with Crippen LogP contribution in [0.15, 0.2) is 48.3 Å². The first-order chi connectivity index (χ1) is 6.63. The molecule has 3 heteroatoms. The number of methoxy groups -OCH3 is 1. The van der Waals surface area contributed by atoms with Crippen molar-refractivity contribution in [1.29, 1.82) is 5.26 Å². The minimum absolute atomic E-state index is 0.0303. The summed E-state index contributed by atoms with van der Waals surface area (Å²) in [5.74, 6) is 0.476. The highest BCUT2D eigenvalue weighted by Gasteiger charge is 1.91. The van der Waals surface area contributed by atoms with E-state index in [0.717, 1.165) is 0 Å². The lowest BCUT2D eigenvalue weighted by atomic mass is 10.2. The lowest BCUT2D eigenvalue weighted by Crippen LogP contribution is -1.81. The van der Waals surface area contributed by atoms with Crippen LogP contribution in [0.2, 0.25) is 0 Å². The number of nitriles is 1. The molecule has 0 spiro atoms. The highest BCUT2D eigenvalue weighted by Crippen LogP contribution is 2.02. The van der Waals surface area contributed by atoms with Gasteiger partial charge in [-0.05, 0) is 17.7 Å². The molecule has 0 aliphatic heterocycles. The molecule has 0 aromatic rings. The second-order valence-electron chi connectivity index (χ2n) is 2.41. The van der Waals surface area contributed by atoms with Crippen LogP contribution in [0.5, 0.6) is 0 Å². The quantitative estimate of drug-likeness (QED) is 0.218. The maximum absolute atomic E-state index is 10.3. The summed E-state index contributed by atoms with van der Waals surface area (Å²) >= 11 is 0. The Morgan fingerprint density at radius 2 is 2.07 bits per heavy atom. The van der Waals surface area contributed by atoms with Crippen molar-refractivity contribution >= 4 is 6.29 Å². The number of carbonyl (C=O) groups excluding carboxylic acids is 1. The lowest BCUT2D eigenvalue weighted by Gasteiger charge is -1.95. The van der Waals surface area contributed by atoms with Crippen molar-refractivity contribution in [1.82, 2.24) is 0 Å². The van der Waals surface area contributed by atoms with Gasteiger partial charge in [-0.25, -0.2) is 0 Å². The zero-order chi connectivity index (χ0) is 11.0. The van der Waals surface area contributed by atoms with Crippen molar-refractivity contribution in [3.63, 3.8) is 0 Å². The minimum atomic E-state index is 0.0303. The lowest BCUT2D eigenvalue weighted by molar-refractivity contribution is -0.104. The van der Waals surface area contributed by atoms with Crippen LogP contribution in [0.3, 0.4) is 0 Å². The van der Waals surface area contributed by atoms with E-state index in [1.54, 1.807) is 18.2 Å². The van der Waals surface area contributed by atoms with Gasteiger partial charge in [-0.3, -0.25) is 4.79 Å². The second-order valence-corrected chi connectivity index (χ2v) is 2.41. The first kappa shape index (κ1) is 11.9. The minimum Gasteiger partial charge on any atom is -0.497 e. The van der Waals surface area contributed by atoms with Crippen LogP contribution < -0.4 is 0 Å². The Balaban J connectivity index is 4.46. The van der Waals surface area contributed by atoms with Gasteiger partial charge in [0.05, 0.1) is 12.7 Å². The fourth-order valence-corrected chi connectivity index (χ4v) is 0.609. The van der Waals surface area contributed by atoms with E-state index >= 15 is 0 Å². The van der Waals surface area contributed by atoms with Crippen LogP contribution in [0.25, 0.3) is 0 Å². The molecule has 0 saturated heterocycles. The number of hydrogen-bond acceptors (Lipinski definition) is 3. The molecule has 0 radical (unpaired) electrons. The van der Waals surface area contributed by atoms with Gasteiger partial charge in [0.2, 0.25) is 0 Å². The van der Waals surface area contributed by atoms with Gasteiger partial charge >= 0.3 is 0 Å². The number of aldehydes is 1. The Labute approximate surface area is 83.3 Å². The van der Waals surface area contributed by atoms with Gasteiger partial charge in [-0.1, -0.05) is 19.2 Å². The summed E-state index contributed by atoms with van der Waals surface area (Å²) in [5.41, 5.74) is 0.564. The summed E-state index contributed by atoms with van der Waals surface area (Å²) in [7, 11) is 1.50. The van der Waals surface area contributed by atoms with E-state index in [0.29, 0.717) is 17.6 Å². The van der Waals surface area contributed by atoms with Gasteiger partial charge < -0.3 is 4.74 Å². The highest BCUT2D eigenvalue weighted by atomic mass is 16.5. The summed E-state index contributed by atoms with van der Waals surface area (Å²) in [4.78, 5) is 10.3. The van der Waals surface area contributed by atoms with Gasteiger partial charge in [0, 0.05) is 0 Å². The van der Waals surface area contributed by atoms with Crippen LogP contribution in [-0.4, -0.2) is 13.4 Å². The SMILES string of the molecule is C=C(/C=C\C(=C)OC)/C=C(\C#N)C=O. The Bertz CT molecular complexity index is 343. The molecule has 0 aromatic carbocycles. The molecule has 0 amide bonds. The molecule has 0 bridgehead atoms. The molecule has 0 fully saturated rings. The zero-order valence-electron chi connectivity index (χ0n) is 7.99. The van der Waals surface area contributed by atoms with Crippen LogP contribution >= 0.6 is 0 Å². The summed E-state index contributed by atoms with van der Waals surface area (Å²) in [6, 6.07) is 1.73. The van der Waals surface area contributed by atoms with Gasteiger partial charge in [0.1, 0.15) is 11.8 Å². The Hall–Kier alpha value is -2.08. The number of allylic oxidation sites excluding steroid dienone is 5. The number of ether oxygens (including phenoxy) is 1. The summed E-state index contributed by atoms with van der Waals surface area (Å²) < 4.78 is 4.78. The van der Waals surface area contributed by atoms with Crippen molar-refractivity contribution < 1.29 is 9.53 Å². The molecule has 3 nitrogen and oxygen atoms in total. The van der Waals surface area contributed by atoms with Crippen LogP contribution in [-0.2, 0) is 9.53 Å². The maximum atomic E-state index is 10.3. The van der Waals surface area contributed by atoms with E-state index in [1.165, 1.54) is 13.2 Å². The molecule has 0 unspecified atom stereocenters. The molecule has 72 valence electrons. The molecular formula is C11H11NO2. The third-order valence-electron chi connectivity index (χ3n) is 1.34. The van der Waals surface area contributed by atoms with Crippen LogP contribution in [0, 0.1) is 11.3 Å². The average molecular weight is 189 g/mol. The van der Waals surface area contributed by atoms with Crippen molar-refractivity contribution in [2.75, 3.05) is 7.11 Å². The van der Waals surface area contributed by atoms with E-state index in [2.05, 4.69) is 13.2 Å². The molecule has 0 saturated carbocycles. The molecule has 0 aliphatic rings. The van der Waals surface area contributed by atoms with E-state index in [-0.39, 0.29) is 5.57 Å². The van der Waals surface area contributed by atoms with Gasteiger partial charge in [-0.15, -0.1) is 0 Å². The number of rotatable bonds is 5. The van der Waals surface area contributed by atoms with E-state index in [4.69, 9.17) is 10.00 Å². The van der Waals surface area contributed by atoms with E-state index in [9.17, 15) is 4.79 Å². The summed E-state index contributed by atoms with van der Waals surface area (Å²) in [6.45, 7) is 7.19. The molecule has 0 atom stereocenters. The van der Waals surface area contributed by atoms with Crippen molar-refractivity contribution in [3.05, 3.63) is 48.3 Å².